The van der Waals surface area contributed by atoms with E-state index in [1.165, 1.54) is 6.42 Å². The van der Waals surface area contributed by atoms with Gasteiger partial charge in [-0.05, 0) is 51.4 Å². The summed E-state index contributed by atoms with van der Waals surface area (Å²) in [4.78, 5) is 24.9. The maximum atomic E-state index is 12.3. The van der Waals surface area contributed by atoms with Gasteiger partial charge in [0, 0.05) is 25.0 Å². The van der Waals surface area contributed by atoms with E-state index in [1.54, 1.807) is 0 Å². The highest BCUT2D eigenvalue weighted by Crippen LogP contribution is 2.26. The molecule has 0 radical (unpaired) electrons. The Balaban J connectivity index is 2.37. The van der Waals surface area contributed by atoms with Crippen LogP contribution < -0.4 is 5.32 Å². The fourth-order valence-electron chi connectivity index (χ4n) is 2.99. The zero-order chi connectivity index (χ0) is 16.0. The Morgan fingerprint density at radius 1 is 1.19 bits per heavy atom. The zero-order valence-corrected chi connectivity index (χ0v) is 13.8. The molecule has 1 fully saturated rings. The Hall–Kier alpha value is -1.26. The number of carbonyl (C=O) groups is 2. The second kappa shape index (κ2) is 7.66. The van der Waals surface area contributed by atoms with E-state index in [0.29, 0.717) is 25.0 Å². The van der Waals surface area contributed by atoms with Crippen molar-refractivity contribution in [3.05, 3.63) is 0 Å². The minimum atomic E-state index is -0.761. The molecule has 1 heterocycles. The van der Waals surface area contributed by atoms with Gasteiger partial charge in [-0.15, -0.1) is 0 Å². The van der Waals surface area contributed by atoms with E-state index in [4.69, 9.17) is 5.11 Å². The second-order valence-corrected chi connectivity index (χ2v) is 7.08. The molecule has 2 N–H and O–H groups in total. The van der Waals surface area contributed by atoms with Crippen LogP contribution in [0.5, 0.6) is 0 Å². The molecule has 5 heteroatoms. The highest BCUT2D eigenvalue weighted by molar-refractivity contribution is 5.75. The summed E-state index contributed by atoms with van der Waals surface area (Å²) in [5.74, 6) is -0.761. The van der Waals surface area contributed by atoms with Gasteiger partial charge in [0.05, 0.1) is 0 Å². The van der Waals surface area contributed by atoms with Crippen molar-refractivity contribution in [2.45, 2.75) is 78.3 Å². The molecule has 1 saturated heterocycles. The number of nitrogens with one attached hydrogen (secondary N) is 1. The van der Waals surface area contributed by atoms with Gasteiger partial charge in [0.25, 0.3) is 0 Å². The Kier molecular flexibility index (Phi) is 6.49. The minimum Gasteiger partial charge on any atom is -0.481 e. The first-order valence-electron chi connectivity index (χ1n) is 8.01. The summed E-state index contributed by atoms with van der Waals surface area (Å²) in [6, 6.07) is 0.617. The average molecular weight is 298 g/mol. The molecule has 0 aromatic carbocycles. The van der Waals surface area contributed by atoms with Gasteiger partial charge in [-0.25, -0.2) is 4.79 Å². The molecular weight excluding hydrogens is 268 g/mol. The van der Waals surface area contributed by atoms with Crippen molar-refractivity contribution in [3.63, 3.8) is 0 Å². The van der Waals surface area contributed by atoms with Crippen LogP contribution in [0.25, 0.3) is 0 Å². The van der Waals surface area contributed by atoms with Gasteiger partial charge in [-0.3, -0.25) is 4.79 Å². The van der Waals surface area contributed by atoms with Gasteiger partial charge in [0.1, 0.15) is 0 Å². The monoisotopic (exact) mass is 298 g/mol. The first-order valence-corrected chi connectivity index (χ1v) is 8.01. The Morgan fingerprint density at radius 3 is 2.29 bits per heavy atom. The van der Waals surface area contributed by atoms with E-state index < -0.39 is 5.97 Å². The van der Waals surface area contributed by atoms with Crippen LogP contribution in [-0.2, 0) is 4.79 Å². The summed E-state index contributed by atoms with van der Waals surface area (Å²) in [6.45, 7) is 8.90. The number of rotatable bonds is 6. The first-order chi connectivity index (χ1) is 9.73. The van der Waals surface area contributed by atoms with Crippen LogP contribution in [0.2, 0.25) is 0 Å². The largest absolute Gasteiger partial charge is 0.481 e. The van der Waals surface area contributed by atoms with E-state index in [-0.39, 0.29) is 17.9 Å². The topological polar surface area (TPSA) is 69.6 Å². The van der Waals surface area contributed by atoms with Crippen molar-refractivity contribution in [2.24, 2.45) is 5.41 Å². The van der Waals surface area contributed by atoms with E-state index in [0.717, 1.165) is 19.3 Å². The van der Waals surface area contributed by atoms with Gasteiger partial charge in [-0.2, -0.15) is 0 Å². The van der Waals surface area contributed by atoms with E-state index in [2.05, 4.69) is 19.2 Å². The lowest BCUT2D eigenvalue weighted by molar-refractivity contribution is -0.137. The van der Waals surface area contributed by atoms with E-state index in [9.17, 15) is 9.59 Å². The highest BCUT2D eigenvalue weighted by atomic mass is 16.4. The quantitative estimate of drug-likeness (QED) is 0.791. The smallest absolute Gasteiger partial charge is 0.317 e. The molecule has 0 unspecified atom stereocenters. The number of nitrogens with zero attached hydrogens (tertiary/aromatic N) is 1. The third kappa shape index (κ3) is 5.94. The highest BCUT2D eigenvalue weighted by Gasteiger charge is 2.29. The maximum absolute atomic E-state index is 12.3. The molecular formula is C16H30N2O3. The van der Waals surface area contributed by atoms with Gasteiger partial charge >= 0.3 is 12.0 Å². The number of piperidine rings is 1. The third-order valence-corrected chi connectivity index (χ3v) is 4.52. The first kappa shape index (κ1) is 17.8. The van der Waals surface area contributed by atoms with Crippen molar-refractivity contribution in [3.8, 4) is 0 Å². The maximum Gasteiger partial charge on any atom is 0.317 e. The molecule has 0 aromatic heterocycles. The number of carboxylic acid groups (broad SMARTS) is 1. The van der Waals surface area contributed by atoms with Crippen molar-refractivity contribution in [1.82, 2.24) is 10.2 Å². The summed E-state index contributed by atoms with van der Waals surface area (Å²) in [5, 5.41) is 11.7. The van der Waals surface area contributed by atoms with Crippen molar-refractivity contribution in [1.29, 1.82) is 0 Å². The van der Waals surface area contributed by atoms with Crippen LogP contribution in [0.1, 0.15) is 66.2 Å². The molecule has 2 amide bonds. The number of hydrogen-bond acceptors (Lipinski definition) is 2. The standard InChI is InChI=1S/C16H30N2O3/c1-12-6-5-7-13(2)18(12)15(21)17-11-10-16(3,4)9-8-14(19)20/h12-13H,5-11H2,1-4H3,(H,17,21)(H,19,20)/t12-,13+. The van der Waals surface area contributed by atoms with E-state index in [1.807, 2.05) is 18.7 Å². The van der Waals surface area contributed by atoms with Crippen molar-refractivity contribution < 1.29 is 14.7 Å². The number of likely N-dealkylation sites (tertiary alicyclic amines) is 1. The molecule has 0 spiro atoms. The number of carbonyl (C=O) groups excluding carboxylic acids is 1. The van der Waals surface area contributed by atoms with Gasteiger partial charge in [0.2, 0.25) is 0 Å². The molecule has 0 aliphatic carbocycles. The number of amides is 2. The van der Waals surface area contributed by atoms with Crippen LogP contribution in [0, 0.1) is 5.41 Å². The Labute approximate surface area is 128 Å². The van der Waals surface area contributed by atoms with Crippen molar-refractivity contribution in [2.75, 3.05) is 6.54 Å². The third-order valence-electron chi connectivity index (χ3n) is 4.52. The average Bonchev–Trinajstić information content (AvgIpc) is 2.36. The molecule has 5 nitrogen and oxygen atoms in total. The predicted octanol–water partition coefficient (Wildman–Crippen LogP) is 3.24. The van der Waals surface area contributed by atoms with Crippen LogP contribution in [0.4, 0.5) is 4.79 Å². The summed E-state index contributed by atoms with van der Waals surface area (Å²) < 4.78 is 0. The molecule has 0 saturated carbocycles. The molecule has 1 aliphatic rings. The normalized spacial score (nSPS) is 23.0. The molecule has 1 aliphatic heterocycles. The fraction of sp³-hybridized carbons (Fsp3) is 0.875. The molecule has 0 bridgehead atoms. The van der Waals surface area contributed by atoms with Crippen LogP contribution in [0.3, 0.4) is 0 Å². The summed E-state index contributed by atoms with van der Waals surface area (Å²) in [6.07, 6.45) is 4.94. The predicted molar refractivity (Wildman–Crippen MR) is 83.3 cm³/mol. The molecule has 1 rings (SSSR count). The SMILES string of the molecule is C[C@@H]1CCC[C@H](C)N1C(=O)NCCC(C)(C)CCC(=O)O. The van der Waals surface area contributed by atoms with Crippen LogP contribution >= 0.6 is 0 Å². The number of urea groups is 1. The number of hydrogen-bond donors (Lipinski definition) is 2. The van der Waals surface area contributed by atoms with Gasteiger partial charge < -0.3 is 15.3 Å². The number of aliphatic carboxylic acids is 1. The molecule has 122 valence electrons. The van der Waals surface area contributed by atoms with Gasteiger partial charge in [0.15, 0.2) is 0 Å². The summed E-state index contributed by atoms with van der Waals surface area (Å²) in [7, 11) is 0. The summed E-state index contributed by atoms with van der Waals surface area (Å²) >= 11 is 0. The van der Waals surface area contributed by atoms with Crippen molar-refractivity contribution >= 4 is 12.0 Å². The second-order valence-electron chi connectivity index (χ2n) is 7.08. The fourth-order valence-corrected chi connectivity index (χ4v) is 2.99. The Bertz CT molecular complexity index is 359. The minimum absolute atomic E-state index is 0.0173. The molecule has 2 atom stereocenters. The van der Waals surface area contributed by atoms with Crippen LogP contribution in [0.15, 0.2) is 0 Å². The zero-order valence-electron chi connectivity index (χ0n) is 13.8. The summed E-state index contributed by atoms with van der Waals surface area (Å²) in [5.41, 5.74) is -0.0647. The molecule has 0 aromatic rings. The lowest BCUT2D eigenvalue weighted by Gasteiger charge is -2.39. The van der Waals surface area contributed by atoms with Gasteiger partial charge in [-0.1, -0.05) is 13.8 Å². The number of carboxylic acids is 1. The molecule has 21 heavy (non-hydrogen) atoms. The Morgan fingerprint density at radius 2 is 1.76 bits per heavy atom. The van der Waals surface area contributed by atoms with E-state index >= 15 is 0 Å². The lowest BCUT2D eigenvalue weighted by Crippen LogP contribution is -2.52. The lowest BCUT2D eigenvalue weighted by atomic mass is 9.84. The van der Waals surface area contributed by atoms with Crippen LogP contribution in [-0.4, -0.2) is 40.6 Å².